The number of hydrogen-bond donors (Lipinski definition) is 1. The fourth-order valence-corrected chi connectivity index (χ4v) is 1.79. The van der Waals surface area contributed by atoms with E-state index in [9.17, 15) is 13.2 Å². The Kier molecular flexibility index (Phi) is 4.39. The average Bonchev–Trinajstić information content (AvgIpc) is 2.87. The van der Waals surface area contributed by atoms with Gasteiger partial charge in [0.2, 0.25) is 0 Å². The van der Waals surface area contributed by atoms with Gasteiger partial charge in [-0.25, -0.2) is 4.68 Å². The van der Waals surface area contributed by atoms with Gasteiger partial charge in [0.15, 0.2) is 0 Å². The highest BCUT2D eigenvalue weighted by atomic mass is 19.4. The molecular formula is C13H15F3N4. The number of benzene rings is 1. The monoisotopic (exact) mass is 284 g/mol. The number of halogens is 3. The molecule has 4 nitrogen and oxygen atoms in total. The van der Waals surface area contributed by atoms with Gasteiger partial charge in [-0.2, -0.15) is 13.2 Å². The number of aryl methyl sites for hydroxylation is 1. The second kappa shape index (κ2) is 6.04. The summed E-state index contributed by atoms with van der Waals surface area (Å²) in [5.41, 5.74) is 6.08. The summed E-state index contributed by atoms with van der Waals surface area (Å²) in [6.45, 7) is 0.632. The van der Waals surface area contributed by atoms with Crippen molar-refractivity contribution >= 4 is 0 Å². The maximum atomic E-state index is 12.5. The minimum atomic E-state index is -4.33. The van der Waals surface area contributed by atoms with E-state index in [2.05, 4.69) is 10.3 Å². The fraction of sp³-hybridized carbons (Fsp3) is 0.385. The number of nitrogens with two attached hydrogens (primary N) is 1. The molecular weight excluding hydrogens is 269 g/mol. The summed E-state index contributed by atoms with van der Waals surface area (Å²) in [4.78, 5) is 0. The first kappa shape index (κ1) is 14.5. The number of aromatic nitrogens is 3. The Morgan fingerprint density at radius 1 is 1.10 bits per heavy atom. The minimum Gasteiger partial charge on any atom is -0.330 e. The predicted molar refractivity (Wildman–Crippen MR) is 68.4 cm³/mol. The Balaban J connectivity index is 2.08. The topological polar surface area (TPSA) is 56.7 Å². The van der Waals surface area contributed by atoms with Crippen LogP contribution in [0.1, 0.15) is 24.1 Å². The molecule has 0 atom stereocenters. The third-order valence-corrected chi connectivity index (χ3v) is 2.89. The lowest BCUT2D eigenvalue weighted by molar-refractivity contribution is -0.137. The predicted octanol–water partition coefficient (Wildman–Crippen LogP) is 2.57. The third kappa shape index (κ3) is 3.57. The smallest absolute Gasteiger partial charge is 0.330 e. The highest BCUT2D eigenvalue weighted by Gasteiger charge is 2.30. The first-order valence-corrected chi connectivity index (χ1v) is 6.29. The van der Waals surface area contributed by atoms with E-state index in [4.69, 9.17) is 5.73 Å². The van der Waals surface area contributed by atoms with E-state index in [1.807, 2.05) is 0 Å². The van der Waals surface area contributed by atoms with Crippen LogP contribution in [0.4, 0.5) is 13.2 Å². The standard InChI is InChI=1S/C13H15F3N4/c14-13(15,16)10-4-6-12(7-5-10)20-9-11(18-19-20)3-1-2-8-17/h4-7,9H,1-3,8,17H2. The Labute approximate surface area is 114 Å². The van der Waals surface area contributed by atoms with Crippen molar-refractivity contribution < 1.29 is 13.2 Å². The highest BCUT2D eigenvalue weighted by Crippen LogP contribution is 2.29. The molecule has 0 fully saturated rings. The summed E-state index contributed by atoms with van der Waals surface area (Å²) in [6, 6.07) is 4.82. The summed E-state index contributed by atoms with van der Waals surface area (Å²) >= 11 is 0. The zero-order valence-electron chi connectivity index (χ0n) is 10.8. The van der Waals surface area contributed by atoms with Gasteiger partial charge in [-0.3, -0.25) is 0 Å². The van der Waals surface area contributed by atoms with E-state index in [0.29, 0.717) is 12.2 Å². The van der Waals surface area contributed by atoms with Crippen LogP contribution in [0.5, 0.6) is 0 Å². The molecule has 108 valence electrons. The van der Waals surface area contributed by atoms with E-state index in [1.54, 1.807) is 6.20 Å². The highest BCUT2D eigenvalue weighted by molar-refractivity contribution is 5.34. The summed E-state index contributed by atoms with van der Waals surface area (Å²) in [5.74, 6) is 0. The number of unbranched alkanes of at least 4 members (excludes halogenated alkanes) is 1. The molecule has 0 spiro atoms. The van der Waals surface area contributed by atoms with Crippen molar-refractivity contribution in [3.63, 3.8) is 0 Å². The molecule has 0 amide bonds. The molecule has 0 aliphatic carbocycles. The van der Waals surface area contributed by atoms with Crippen molar-refractivity contribution in [2.75, 3.05) is 6.54 Å². The maximum absolute atomic E-state index is 12.5. The molecule has 0 saturated carbocycles. The van der Waals surface area contributed by atoms with Gasteiger partial charge in [0.25, 0.3) is 0 Å². The summed E-state index contributed by atoms with van der Waals surface area (Å²) in [7, 11) is 0. The lowest BCUT2D eigenvalue weighted by atomic mass is 10.2. The van der Waals surface area contributed by atoms with Crippen LogP contribution < -0.4 is 5.73 Å². The van der Waals surface area contributed by atoms with Crippen LogP contribution in [0.2, 0.25) is 0 Å². The molecule has 1 aromatic heterocycles. The molecule has 2 aromatic rings. The van der Waals surface area contributed by atoms with Gasteiger partial charge < -0.3 is 5.73 Å². The van der Waals surface area contributed by atoms with Crippen LogP contribution in [0.15, 0.2) is 30.5 Å². The van der Waals surface area contributed by atoms with Crippen LogP contribution in [0.3, 0.4) is 0 Å². The largest absolute Gasteiger partial charge is 0.416 e. The first-order chi connectivity index (χ1) is 9.50. The summed E-state index contributed by atoms with van der Waals surface area (Å²) in [5, 5.41) is 7.90. The summed E-state index contributed by atoms with van der Waals surface area (Å²) in [6.07, 6.45) is -0.0133. The second-order valence-electron chi connectivity index (χ2n) is 4.44. The van der Waals surface area contributed by atoms with Crippen LogP contribution in [-0.2, 0) is 12.6 Å². The molecule has 0 unspecified atom stereocenters. The molecule has 20 heavy (non-hydrogen) atoms. The Bertz CT molecular complexity index is 545. The van der Waals surface area contributed by atoms with Crippen molar-refractivity contribution in [1.29, 1.82) is 0 Å². The van der Waals surface area contributed by atoms with Crippen molar-refractivity contribution in [3.8, 4) is 5.69 Å². The first-order valence-electron chi connectivity index (χ1n) is 6.29. The molecule has 1 heterocycles. The molecule has 2 N–H and O–H groups in total. The molecule has 0 aliphatic heterocycles. The maximum Gasteiger partial charge on any atom is 0.416 e. The zero-order chi connectivity index (χ0) is 14.6. The Morgan fingerprint density at radius 3 is 2.40 bits per heavy atom. The SMILES string of the molecule is NCCCCc1cn(-c2ccc(C(F)(F)F)cc2)nn1. The van der Waals surface area contributed by atoms with Crippen molar-refractivity contribution in [3.05, 3.63) is 41.7 Å². The number of hydrogen-bond acceptors (Lipinski definition) is 3. The normalized spacial score (nSPS) is 11.8. The van der Waals surface area contributed by atoms with Gasteiger partial charge in [-0.1, -0.05) is 5.21 Å². The van der Waals surface area contributed by atoms with Crippen LogP contribution >= 0.6 is 0 Å². The van der Waals surface area contributed by atoms with Crippen molar-refractivity contribution in [1.82, 2.24) is 15.0 Å². The van der Waals surface area contributed by atoms with Gasteiger partial charge in [0, 0.05) is 0 Å². The Hall–Kier alpha value is -1.89. The summed E-state index contributed by atoms with van der Waals surface area (Å²) < 4.78 is 38.8. The zero-order valence-corrected chi connectivity index (χ0v) is 10.8. The molecule has 0 bridgehead atoms. The number of nitrogens with zero attached hydrogens (tertiary/aromatic N) is 3. The molecule has 0 saturated heterocycles. The molecule has 2 rings (SSSR count). The quantitative estimate of drug-likeness (QED) is 0.858. The average molecular weight is 284 g/mol. The molecule has 0 radical (unpaired) electrons. The molecule has 7 heteroatoms. The van der Waals surface area contributed by atoms with Crippen LogP contribution in [-0.4, -0.2) is 21.5 Å². The van der Waals surface area contributed by atoms with Crippen LogP contribution in [0.25, 0.3) is 5.69 Å². The van der Waals surface area contributed by atoms with Gasteiger partial charge in [0.1, 0.15) is 0 Å². The third-order valence-electron chi connectivity index (χ3n) is 2.89. The Morgan fingerprint density at radius 2 is 1.80 bits per heavy atom. The van der Waals surface area contributed by atoms with Crippen LogP contribution in [0, 0.1) is 0 Å². The van der Waals surface area contributed by atoms with Crippen molar-refractivity contribution in [2.45, 2.75) is 25.4 Å². The second-order valence-corrected chi connectivity index (χ2v) is 4.44. The van der Waals surface area contributed by atoms with E-state index in [0.717, 1.165) is 37.1 Å². The fourth-order valence-electron chi connectivity index (χ4n) is 1.79. The van der Waals surface area contributed by atoms with E-state index in [1.165, 1.54) is 16.8 Å². The van der Waals surface area contributed by atoms with Gasteiger partial charge in [-0.05, 0) is 50.1 Å². The van der Waals surface area contributed by atoms with Crippen molar-refractivity contribution in [2.24, 2.45) is 5.73 Å². The van der Waals surface area contributed by atoms with Gasteiger partial charge in [-0.15, -0.1) is 5.10 Å². The lowest BCUT2D eigenvalue weighted by Crippen LogP contribution is -2.05. The van der Waals surface area contributed by atoms with Gasteiger partial charge >= 0.3 is 6.18 Å². The van der Waals surface area contributed by atoms with E-state index < -0.39 is 11.7 Å². The number of rotatable bonds is 5. The van der Waals surface area contributed by atoms with E-state index >= 15 is 0 Å². The molecule has 1 aromatic carbocycles. The lowest BCUT2D eigenvalue weighted by Gasteiger charge is -2.07. The molecule has 0 aliphatic rings. The number of alkyl halides is 3. The minimum absolute atomic E-state index is 0.551. The van der Waals surface area contributed by atoms with Gasteiger partial charge in [0.05, 0.1) is 23.1 Å². The van der Waals surface area contributed by atoms with E-state index in [-0.39, 0.29) is 0 Å².